The van der Waals surface area contributed by atoms with Crippen molar-refractivity contribution < 1.29 is 22.4 Å². The van der Waals surface area contributed by atoms with Crippen LogP contribution in [0.2, 0.25) is 0 Å². The fourth-order valence-corrected chi connectivity index (χ4v) is 4.51. The van der Waals surface area contributed by atoms with Crippen LogP contribution in [0.15, 0.2) is 28.9 Å². The maximum Gasteiger partial charge on any atom is 0.417 e. The molecule has 160 valence electrons. The summed E-state index contributed by atoms with van der Waals surface area (Å²) in [7, 11) is 0. The van der Waals surface area contributed by atoms with E-state index < -0.39 is 23.7 Å². The second kappa shape index (κ2) is 6.87. The van der Waals surface area contributed by atoms with Crippen molar-refractivity contribution >= 4 is 28.4 Å². The van der Waals surface area contributed by atoms with Gasteiger partial charge in [-0.05, 0) is 43.6 Å². The van der Waals surface area contributed by atoms with Crippen LogP contribution in [-0.2, 0) is 12.7 Å². The van der Waals surface area contributed by atoms with Crippen molar-refractivity contribution in [1.29, 1.82) is 0 Å². The molecule has 0 spiro atoms. The van der Waals surface area contributed by atoms with Gasteiger partial charge in [0, 0.05) is 18.5 Å². The number of rotatable bonds is 2. The number of carbonyl (C=O) groups is 1. The summed E-state index contributed by atoms with van der Waals surface area (Å²) in [5.74, 6) is 1.37. The third-order valence-corrected chi connectivity index (χ3v) is 6.12. The predicted molar refractivity (Wildman–Crippen MR) is 104 cm³/mol. The number of furan rings is 1. The van der Waals surface area contributed by atoms with E-state index in [-0.39, 0.29) is 16.5 Å². The molecule has 8 nitrogen and oxygen atoms in total. The lowest BCUT2D eigenvalue weighted by molar-refractivity contribution is -0.136. The van der Waals surface area contributed by atoms with Crippen molar-refractivity contribution in [3.8, 4) is 10.8 Å². The maximum atomic E-state index is 13.3. The molecular weight excluding hydrogens is 433 g/mol. The third kappa shape index (κ3) is 3.09. The quantitative estimate of drug-likeness (QED) is 0.459. The molecular formula is C19H15F3N6O2S. The van der Waals surface area contributed by atoms with Gasteiger partial charge in [0.1, 0.15) is 11.4 Å². The Bertz CT molecular complexity index is 1310. The summed E-state index contributed by atoms with van der Waals surface area (Å²) in [5.41, 5.74) is -0.840. The minimum absolute atomic E-state index is 0.0767. The first-order valence-electron chi connectivity index (χ1n) is 9.38. The van der Waals surface area contributed by atoms with E-state index in [0.717, 1.165) is 12.3 Å². The molecule has 0 N–H and O–H groups in total. The Kier molecular flexibility index (Phi) is 4.36. The minimum atomic E-state index is -4.54. The van der Waals surface area contributed by atoms with Crippen molar-refractivity contribution in [3.63, 3.8) is 0 Å². The largest absolute Gasteiger partial charge is 0.463 e. The summed E-state index contributed by atoms with van der Waals surface area (Å²) in [6.45, 7) is 4.35. The lowest BCUT2D eigenvalue weighted by atomic mass is 10.0. The van der Waals surface area contributed by atoms with Gasteiger partial charge in [0.2, 0.25) is 0 Å². The van der Waals surface area contributed by atoms with Crippen LogP contribution in [-0.4, -0.2) is 41.5 Å². The highest BCUT2D eigenvalue weighted by Gasteiger charge is 2.37. The van der Waals surface area contributed by atoms with Gasteiger partial charge < -0.3 is 13.9 Å². The van der Waals surface area contributed by atoms with E-state index in [0.29, 0.717) is 35.6 Å². The number of carbonyl (C=O) groups excluding carboxylic acids is 1. The number of amides is 1. The molecule has 1 aliphatic heterocycles. The van der Waals surface area contributed by atoms with E-state index in [1.807, 2.05) is 4.57 Å². The lowest BCUT2D eigenvalue weighted by Gasteiger charge is -2.33. The highest BCUT2D eigenvalue weighted by molar-refractivity contribution is 7.09. The molecule has 1 amide bonds. The first kappa shape index (κ1) is 19.7. The second-order valence-electron chi connectivity index (χ2n) is 7.18. The zero-order chi connectivity index (χ0) is 21.9. The molecule has 31 heavy (non-hydrogen) atoms. The van der Waals surface area contributed by atoms with Crippen LogP contribution in [0.4, 0.5) is 13.2 Å². The van der Waals surface area contributed by atoms with Crippen LogP contribution in [0.1, 0.15) is 40.5 Å². The number of aryl methyl sites for hydroxylation is 1. The van der Waals surface area contributed by atoms with E-state index in [9.17, 15) is 18.0 Å². The van der Waals surface area contributed by atoms with Crippen LogP contribution in [0.25, 0.3) is 21.8 Å². The van der Waals surface area contributed by atoms with Crippen molar-refractivity contribution in [2.75, 3.05) is 6.54 Å². The Morgan fingerprint density at radius 3 is 2.74 bits per heavy atom. The number of fused-ring (bicyclic) bond motifs is 2. The summed E-state index contributed by atoms with van der Waals surface area (Å²) in [6, 6.07) is 2.86. The molecule has 0 saturated heterocycles. The molecule has 0 saturated carbocycles. The highest BCUT2D eigenvalue weighted by atomic mass is 32.1. The van der Waals surface area contributed by atoms with Gasteiger partial charge in [0.15, 0.2) is 16.7 Å². The predicted octanol–water partition coefficient (Wildman–Crippen LogP) is 4.09. The average molecular weight is 448 g/mol. The highest BCUT2D eigenvalue weighted by Crippen LogP contribution is 2.38. The van der Waals surface area contributed by atoms with Gasteiger partial charge in [-0.2, -0.15) is 17.5 Å². The molecule has 0 bridgehead atoms. The molecule has 1 aromatic carbocycles. The summed E-state index contributed by atoms with van der Waals surface area (Å²) in [6.07, 6.45) is -3.39. The van der Waals surface area contributed by atoms with E-state index in [1.54, 1.807) is 18.7 Å². The van der Waals surface area contributed by atoms with Crippen molar-refractivity contribution in [1.82, 2.24) is 29.0 Å². The Balaban J connectivity index is 1.50. The van der Waals surface area contributed by atoms with E-state index >= 15 is 0 Å². The number of halogens is 3. The summed E-state index contributed by atoms with van der Waals surface area (Å²) >= 11 is 1.22. The van der Waals surface area contributed by atoms with Gasteiger partial charge in [-0.3, -0.25) is 4.79 Å². The second-order valence-corrected chi connectivity index (χ2v) is 7.93. The van der Waals surface area contributed by atoms with Gasteiger partial charge in [-0.25, -0.2) is 4.98 Å². The smallest absolute Gasteiger partial charge is 0.417 e. The van der Waals surface area contributed by atoms with Gasteiger partial charge in [0.25, 0.3) is 5.91 Å². The molecule has 0 unspecified atom stereocenters. The zero-order valence-electron chi connectivity index (χ0n) is 16.3. The van der Waals surface area contributed by atoms with Crippen molar-refractivity contribution in [3.05, 3.63) is 47.2 Å². The van der Waals surface area contributed by atoms with Crippen molar-refractivity contribution in [2.24, 2.45) is 0 Å². The number of hydrogen-bond donors (Lipinski definition) is 0. The van der Waals surface area contributed by atoms with Crippen LogP contribution in [0.5, 0.6) is 0 Å². The SMILES string of the molecule is Cc1nsc(-c2nnc3n2CCN(C(=O)c2ccc(C(F)(F)F)c4ccoc24)[C@@H]3C)n1. The minimum Gasteiger partial charge on any atom is -0.463 e. The number of aromatic nitrogens is 5. The molecule has 0 aliphatic carbocycles. The van der Waals surface area contributed by atoms with E-state index in [1.165, 1.54) is 23.7 Å². The number of alkyl halides is 3. The van der Waals surface area contributed by atoms with Gasteiger partial charge in [0.05, 0.1) is 23.4 Å². The van der Waals surface area contributed by atoms with Crippen LogP contribution in [0, 0.1) is 6.92 Å². The maximum absolute atomic E-state index is 13.3. The number of benzene rings is 1. The standard InChI is InChI=1S/C19H15F3N6O2S/c1-9-15-24-25-16(17-23-10(2)26-31-17)28(15)7-6-27(9)18(29)12-3-4-13(19(20,21)22)11-5-8-30-14(11)12/h3-5,8-9H,6-7H2,1-2H3/t9-/m1/s1. The first-order valence-corrected chi connectivity index (χ1v) is 10.1. The Morgan fingerprint density at radius 2 is 2.03 bits per heavy atom. The van der Waals surface area contributed by atoms with Crippen LogP contribution in [0.3, 0.4) is 0 Å². The Labute approximate surface area is 177 Å². The van der Waals surface area contributed by atoms with Crippen LogP contribution >= 0.6 is 11.5 Å². The van der Waals surface area contributed by atoms with Gasteiger partial charge >= 0.3 is 6.18 Å². The molecule has 4 heterocycles. The van der Waals surface area contributed by atoms with E-state index in [2.05, 4.69) is 19.6 Å². The van der Waals surface area contributed by atoms with Crippen molar-refractivity contribution in [2.45, 2.75) is 32.6 Å². The molecule has 12 heteroatoms. The normalized spacial score (nSPS) is 16.7. The van der Waals surface area contributed by atoms with Crippen LogP contribution < -0.4 is 0 Å². The third-order valence-electron chi connectivity index (χ3n) is 5.32. The van der Waals surface area contributed by atoms with E-state index in [4.69, 9.17) is 4.42 Å². The average Bonchev–Trinajstić information content (AvgIpc) is 3.45. The lowest BCUT2D eigenvalue weighted by Crippen LogP contribution is -2.41. The number of nitrogens with zero attached hydrogens (tertiary/aromatic N) is 6. The topological polar surface area (TPSA) is 89.9 Å². The first-order chi connectivity index (χ1) is 14.8. The Morgan fingerprint density at radius 1 is 1.23 bits per heavy atom. The van der Waals surface area contributed by atoms with Gasteiger partial charge in [-0.15, -0.1) is 10.2 Å². The molecule has 1 aliphatic rings. The molecule has 1 atom stereocenters. The molecule has 0 fully saturated rings. The monoisotopic (exact) mass is 448 g/mol. The molecule has 0 radical (unpaired) electrons. The molecule has 4 aromatic rings. The fraction of sp³-hybridized carbons (Fsp3) is 0.316. The fourth-order valence-electron chi connectivity index (χ4n) is 3.84. The molecule has 3 aromatic heterocycles. The summed E-state index contributed by atoms with van der Waals surface area (Å²) < 4.78 is 51.2. The van der Waals surface area contributed by atoms with Gasteiger partial charge in [-0.1, -0.05) is 0 Å². The summed E-state index contributed by atoms with van der Waals surface area (Å²) in [4.78, 5) is 19.2. The molecule has 5 rings (SSSR count). The zero-order valence-corrected chi connectivity index (χ0v) is 17.2. The number of hydrogen-bond acceptors (Lipinski definition) is 7. The summed E-state index contributed by atoms with van der Waals surface area (Å²) in [5, 5.41) is 8.96. The Hall–Kier alpha value is -3.28.